The Kier molecular flexibility index (Phi) is 12.6. The molecule has 1 aliphatic rings. The molecule has 1 aliphatic heterocycles. The molecule has 47 heavy (non-hydrogen) atoms. The summed E-state index contributed by atoms with van der Waals surface area (Å²) >= 11 is 7.83. The predicted octanol–water partition coefficient (Wildman–Crippen LogP) is 4.02. The van der Waals surface area contributed by atoms with E-state index in [-0.39, 0.29) is 49.6 Å². The van der Waals surface area contributed by atoms with Crippen LogP contribution in [-0.2, 0) is 34.4 Å². The fourth-order valence-corrected chi connectivity index (χ4v) is 7.30. The van der Waals surface area contributed by atoms with E-state index in [4.69, 9.17) is 35.9 Å². The van der Waals surface area contributed by atoms with E-state index in [0.29, 0.717) is 17.6 Å². The van der Waals surface area contributed by atoms with E-state index in [1.54, 1.807) is 32.3 Å². The number of rotatable bonds is 16. The Morgan fingerprint density at radius 1 is 1.23 bits per heavy atom. The zero-order chi connectivity index (χ0) is 34.2. The Bertz CT molecular complexity index is 1560. The Hall–Kier alpha value is -2.82. The molecule has 0 bridgehead atoms. The van der Waals surface area contributed by atoms with Gasteiger partial charge in [0.15, 0.2) is 22.8 Å². The van der Waals surface area contributed by atoms with Crippen LogP contribution in [0, 0.1) is 5.41 Å². The van der Waals surface area contributed by atoms with Crippen LogP contribution in [0.4, 0.5) is 10.6 Å². The second-order valence-corrected chi connectivity index (χ2v) is 15.3. The zero-order valence-corrected chi connectivity index (χ0v) is 29.1. The number of fused-ring (bicyclic) bond motifs is 1. The van der Waals surface area contributed by atoms with Gasteiger partial charge in [0.05, 0.1) is 26.1 Å². The molecule has 3 aromatic rings. The number of imidazole rings is 1. The lowest BCUT2D eigenvalue weighted by molar-refractivity contribution is -0.118. The van der Waals surface area contributed by atoms with Gasteiger partial charge in [-0.25, -0.2) is 29.4 Å². The Morgan fingerprint density at radius 3 is 2.70 bits per heavy atom. The molecule has 2 aromatic heterocycles. The molecule has 1 amide bonds. The molecule has 4 rings (SSSR count). The number of aliphatic hydroxyl groups excluding tert-OH is 1. The molecule has 3 heterocycles. The number of hydrogen-bond donors (Lipinski definition) is 4. The van der Waals surface area contributed by atoms with Crippen molar-refractivity contribution in [2.75, 3.05) is 37.9 Å². The van der Waals surface area contributed by atoms with Crippen molar-refractivity contribution in [2.45, 2.75) is 64.0 Å². The fraction of sp³-hybridized carbons (Fsp3) is 0.552. The predicted molar refractivity (Wildman–Crippen MR) is 178 cm³/mol. The molecule has 5 atom stereocenters. The highest BCUT2D eigenvalue weighted by Gasteiger charge is 2.54. The number of nitrogen functional groups attached to an aromatic ring is 1. The number of anilines is 1. The first kappa shape index (κ1) is 37.0. The van der Waals surface area contributed by atoms with Gasteiger partial charge in [0.25, 0.3) is 0 Å². The van der Waals surface area contributed by atoms with Gasteiger partial charge in [-0.15, -0.1) is 11.6 Å². The van der Waals surface area contributed by atoms with E-state index in [9.17, 15) is 19.3 Å². The molecule has 0 radical (unpaired) electrons. The molecular weight excluding hydrogens is 673 g/mol. The van der Waals surface area contributed by atoms with Crippen LogP contribution in [0.15, 0.2) is 43.0 Å². The number of benzene rings is 1. The number of aliphatic hydroxyl groups is 1. The highest BCUT2D eigenvalue weighted by molar-refractivity contribution is 8.13. The summed E-state index contributed by atoms with van der Waals surface area (Å²) in [5, 5.41) is 16.5. The highest BCUT2D eigenvalue weighted by Crippen LogP contribution is 2.48. The molecule has 0 aliphatic carbocycles. The number of nitrogens with zero attached hydrogens (tertiary/aromatic N) is 4. The number of carbonyl (C=O) groups excluding carboxylic acids is 2. The lowest BCUT2D eigenvalue weighted by Crippen LogP contribution is -2.40. The SMILES string of the molecule is CCOC(=O)NCCC(C)(C)C(=O)SCCOP(=O)(NCc1ccccc1)OC[C@H]1O[C@@H](n2cnc3c(N)ncnc32)[C@](C)(Cl)[C@@H]1O. The van der Waals surface area contributed by atoms with Gasteiger partial charge in [-0.05, 0) is 25.8 Å². The van der Waals surface area contributed by atoms with Gasteiger partial charge >= 0.3 is 13.8 Å². The highest BCUT2D eigenvalue weighted by atomic mass is 35.5. The molecule has 0 spiro atoms. The Morgan fingerprint density at radius 2 is 1.98 bits per heavy atom. The van der Waals surface area contributed by atoms with Gasteiger partial charge in [-0.3, -0.25) is 18.4 Å². The Labute approximate surface area is 282 Å². The van der Waals surface area contributed by atoms with Gasteiger partial charge in [-0.2, -0.15) is 0 Å². The average molecular weight is 714 g/mol. The number of nitrogens with two attached hydrogens (primary N) is 1. The van der Waals surface area contributed by atoms with Crippen LogP contribution >= 0.6 is 31.1 Å². The molecule has 0 saturated carbocycles. The summed E-state index contributed by atoms with van der Waals surface area (Å²) in [4.78, 5) is 35.5. The van der Waals surface area contributed by atoms with Crippen LogP contribution in [0.1, 0.15) is 45.9 Å². The van der Waals surface area contributed by atoms with E-state index in [1.165, 1.54) is 12.7 Å². The van der Waals surface area contributed by atoms with Gasteiger partial charge in [-0.1, -0.05) is 55.9 Å². The minimum atomic E-state index is -3.99. The van der Waals surface area contributed by atoms with E-state index in [2.05, 4.69) is 25.4 Å². The monoisotopic (exact) mass is 713 g/mol. The van der Waals surface area contributed by atoms with Crippen LogP contribution in [0.5, 0.6) is 0 Å². The van der Waals surface area contributed by atoms with Crippen molar-refractivity contribution in [2.24, 2.45) is 5.41 Å². The molecule has 1 fully saturated rings. The number of aromatic nitrogens is 4. The number of alkyl carbamates (subject to hydrolysis) is 1. The zero-order valence-electron chi connectivity index (χ0n) is 26.6. The molecule has 1 unspecified atom stereocenters. The topological polar surface area (TPSA) is 202 Å². The van der Waals surface area contributed by atoms with E-state index >= 15 is 0 Å². The number of hydrogen-bond acceptors (Lipinski definition) is 13. The molecule has 1 aromatic carbocycles. The third-order valence-electron chi connectivity index (χ3n) is 7.51. The first-order chi connectivity index (χ1) is 22.3. The summed E-state index contributed by atoms with van der Waals surface area (Å²) in [6.45, 7) is 7.15. The summed E-state index contributed by atoms with van der Waals surface area (Å²) in [5.74, 6) is 0.372. The van der Waals surface area contributed by atoms with Crippen molar-refractivity contribution in [1.82, 2.24) is 29.9 Å². The van der Waals surface area contributed by atoms with Crippen molar-refractivity contribution in [3.63, 3.8) is 0 Å². The maximum absolute atomic E-state index is 13.9. The van der Waals surface area contributed by atoms with Crippen LogP contribution in [0.25, 0.3) is 11.2 Å². The number of carbonyl (C=O) groups is 2. The number of alkyl halides is 1. The standard InChI is InChI=1S/C29H41ClN7O8PS/c1-5-42-27(40)32-12-11-28(2,3)26(39)47-14-13-43-46(41,36-15-19-9-7-6-8-10-19)44-16-20-22(38)29(4,30)25(45-20)37-18-35-21-23(31)33-17-34-24(21)37/h6-10,17-18,20,22,25,38H,5,11-16H2,1-4H3,(H,32,40)(H,36,41)(H2,31,33,34)/t20-,22-,25-,29-,46?/m1/s1. The number of halogens is 1. The minimum absolute atomic E-state index is 0.0846. The lowest BCUT2D eigenvalue weighted by Gasteiger charge is -2.26. The smallest absolute Gasteiger partial charge is 0.407 e. The minimum Gasteiger partial charge on any atom is -0.450 e. The Balaban J connectivity index is 1.37. The largest absolute Gasteiger partial charge is 0.450 e. The summed E-state index contributed by atoms with van der Waals surface area (Å²) in [6, 6.07) is 9.26. The van der Waals surface area contributed by atoms with E-state index in [1.807, 2.05) is 30.3 Å². The fourth-order valence-electron chi connectivity index (χ4n) is 4.72. The third-order valence-corrected chi connectivity index (χ3v) is 10.7. The van der Waals surface area contributed by atoms with E-state index < -0.39 is 42.6 Å². The van der Waals surface area contributed by atoms with Crippen molar-refractivity contribution in [3.8, 4) is 0 Å². The maximum Gasteiger partial charge on any atom is 0.407 e. The van der Waals surface area contributed by atoms with Crippen molar-refractivity contribution in [1.29, 1.82) is 0 Å². The number of amides is 1. The van der Waals surface area contributed by atoms with Gasteiger partial charge < -0.3 is 25.6 Å². The quantitative estimate of drug-likeness (QED) is 0.0942. The van der Waals surface area contributed by atoms with Gasteiger partial charge in [0.1, 0.15) is 28.9 Å². The van der Waals surface area contributed by atoms with Crippen molar-refractivity contribution in [3.05, 3.63) is 48.5 Å². The molecular formula is C29H41ClN7O8PS. The first-order valence-electron chi connectivity index (χ1n) is 15.0. The van der Waals surface area contributed by atoms with Crippen LogP contribution in [0.2, 0.25) is 0 Å². The molecule has 1 saturated heterocycles. The van der Waals surface area contributed by atoms with E-state index in [0.717, 1.165) is 17.3 Å². The number of ether oxygens (including phenoxy) is 2. The maximum atomic E-state index is 13.9. The lowest BCUT2D eigenvalue weighted by atomic mass is 9.91. The first-order valence-corrected chi connectivity index (χ1v) is 17.9. The molecule has 18 heteroatoms. The summed E-state index contributed by atoms with van der Waals surface area (Å²) in [7, 11) is -3.99. The van der Waals surface area contributed by atoms with Crippen LogP contribution < -0.4 is 16.1 Å². The van der Waals surface area contributed by atoms with Gasteiger partial charge in [0.2, 0.25) is 0 Å². The second-order valence-electron chi connectivity index (χ2n) is 11.6. The normalized spacial score (nSPS) is 22.6. The van der Waals surface area contributed by atoms with Crippen LogP contribution in [-0.4, -0.2) is 85.0 Å². The second kappa shape index (κ2) is 16.1. The number of nitrogens with one attached hydrogen (secondary N) is 2. The molecule has 5 N–H and O–H groups in total. The third kappa shape index (κ3) is 9.42. The number of thioether (sulfide) groups is 1. The summed E-state index contributed by atoms with van der Waals surface area (Å²) in [6.07, 6.45) is -0.580. The average Bonchev–Trinajstić information content (AvgIpc) is 3.56. The van der Waals surface area contributed by atoms with Crippen LogP contribution in [0.3, 0.4) is 0 Å². The van der Waals surface area contributed by atoms with Crippen molar-refractivity contribution < 1.29 is 37.8 Å². The molecule has 258 valence electrons. The van der Waals surface area contributed by atoms with Crippen molar-refractivity contribution >= 4 is 59.3 Å². The molecule has 15 nitrogen and oxygen atoms in total. The summed E-state index contributed by atoms with van der Waals surface area (Å²) < 4.78 is 38.0. The van der Waals surface area contributed by atoms with Gasteiger partial charge in [0, 0.05) is 24.3 Å². The summed E-state index contributed by atoms with van der Waals surface area (Å²) in [5.41, 5.74) is 6.74.